The van der Waals surface area contributed by atoms with Crippen LogP contribution in [0.4, 0.5) is 5.13 Å². The Morgan fingerprint density at radius 1 is 1.14 bits per heavy atom. The molecule has 3 aromatic rings. The molecule has 2 aromatic heterocycles. The summed E-state index contributed by atoms with van der Waals surface area (Å²) in [5, 5.41) is 3.35. The van der Waals surface area contributed by atoms with Crippen molar-refractivity contribution < 1.29 is 9.21 Å². The highest BCUT2D eigenvalue weighted by Crippen LogP contribution is 2.30. The lowest BCUT2D eigenvalue weighted by Crippen LogP contribution is -2.10. The number of nitrogens with one attached hydrogen (secondary N) is 1. The Morgan fingerprint density at radius 3 is 2.57 bits per heavy atom. The fraction of sp³-hybridized carbons (Fsp3) is 0.125. The average Bonchev–Trinajstić information content (AvgIpc) is 3.06. The van der Waals surface area contributed by atoms with E-state index in [0.717, 1.165) is 16.1 Å². The number of nitrogens with zero attached hydrogens (tertiary/aromatic N) is 1. The van der Waals surface area contributed by atoms with Crippen LogP contribution in [0, 0.1) is 13.8 Å². The van der Waals surface area contributed by atoms with E-state index in [1.54, 1.807) is 19.1 Å². The van der Waals surface area contributed by atoms with Crippen LogP contribution < -0.4 is 5.32 Å². The quantitative estimate of drug-likeness (QED) is 0.785. The van der Waals surface area contributed by atoms with E-state index in [2.05, 4.69) is 10.3 Å². The molecule has 3 rings (SSSR count). The van der Waals surface area contributed by atoms with Gasteiger partial charge in [-0.15, -0.1) is 11.3 Å². The lowest BCUT2D eigenvalue weighted by molar-refractivity contribution is 0.0995. The zero-order chi connectivity index (χ0) is 14.8. The molecule has 0 aliphatic rings. The highest BCUT2D eigenvalue weighted by molar-refractivity contribution is 7.16. The van der Waals surface area contributed by atoms with E-state index >= 15 is 0 Å². The number of aryl methyl sites for hydroxylation is 2. The Morgan fingerprint density at radius 2 is 1.90 bits per heavy atom. The van der Waals surface area contributed by atoms with Gasteiger partial charge in [0.2, 0.25) is 0 Å². The molecule has 106 valence electrons. The van der Waals surface area contributed by atoms with Gasteiger partial charge in [0.25, 0.3) is 5.91 Å². The van der Waals surface area contributed by atoms with Crippen molar-refractivity contribution >= 4 is 22.4 Å². The molecule has 0 aliphatic heterocycles. The maximum Gasteiger partial charge on any atom is 0.293 e. The largest absolute Gasteiger partial charge is 0.456 e. The lowest BCUT2D eigenvalue weighted by atomic mass is 10.1. The van der Waals surface area contributed by atoms with Gasteiger partial charge in [0.15, 0.2) is 10.9 Å². The first kappa shape index (κ1) is 13.6. The number of benzene rings is 1. The third-order valence-electron chi connectivity index (χ3n) is 3.03. The highest BCUT2D eigenvalue weighted by atomic mass is 32.1. The van der Waals surface area contributed by atoms with E-state index in [4.69, 9.17) is 4.42 Å². The molecule has 5 heteroatoms. The molecular formula is C16H14N2O2S. The summed E-state index contributed by atoms with van der Waals surface area (Å²) >= 11 is 1.45. The predicted octanol–water partition coefficient (Wildman–Crippen LogP) is 4.27. The van der Waals surface area contributed by atoms with Crippen LogP contribution in [0.15, 0.2) is 46.9 Å². The minimum atomic E-state index is -0.281. The van der Waals surface area contributed by atoms with Crippen LogP contribution in [0.25, 0.3) is 11.3 Å². The Labute approximate surface area is 126 Å². The van der Waals surface area contributed by atoms with Crippen molar-refractivity contribution in [1.29, 1.82) is 0 Å². The van der Waals surface area contributed by atoms with Crippen LogP contribution in [-0.2, 0) is 0 Å². The predicted molar refractivity (Wildman–Crippen MR) is 83.7 cm³/mol. The number of carbonyl (C=O) groups excluding carboxylic acids is 1. The first-order valence-electron chi connectivity index (χ1n) is 6.54. The lowest BCUT2D eigenvalue weighted by Gasteiger charge is -1.98. The number of carbonyl (C=O) groups is 1. The van der Waals surface area contributed by atoms with Crippen molar-refractivity contribution in [2.24, 2.45) is 0 Å². The van der Waals surface area contributed by atoms with E-state index in [-0.39, 0.29) is 5.91 Å². The zero-order valence-electron chi connectivity index (χ0n) is 11.7. The molecule has 0 radical (unpaired) electrons. The summed E-state index contributed by atoms with van der Waals surface area (Å²) in [6, 6.07) is 13.3. The summed E-state index contributed by atoms with van der Waals surface area (Å²) < 4.78 is 5.30. The van der Waals surface area contributed by atoms with E-state index in [9.17, 15) is 4.79 Å². The number of anilines is 1. The molecule has 4 nitrogen and oxygen atoms in total. The third kappa shape index (κ3) is 2.87. The van der Waals surface area contributed by atoms with Crippen molar-refractivity contribution in [1.82, 2.24) is 4.98 Å². The Kier molecular flexibility index (Phi) is 3.58. The normalized spacial score (nSPS) is 10.6. The van der Waals surface area contributed by atoms with Gasteiger partial charge < -0.3 is 4.42 Å². The van der Waals surface area contributed by atoms with E-state index in [0.29, 0.717) is 16.7 Å². The molecule has 0 saturated heterocycles. The highest BCUT2D eigenvalue weighted by Gasteiger charge is 2.15. The molecule has 21 heavy (non-hydrogen) atoms. The minimum Gasteiger partial charge on any atom is -0.456 e. The summed E-state index contributed by atoms with van der Waals surface area (Å²) in [5.41, 5.74) is 1.94. The molecule has 0 atom stereocenters. The molecule has 0 aliphatic carbocycles. The van der Waals surface area contributed by atoms with Gasteiger partial charge in [0.1, 0.15) is 5.76 Å². The van der Waals surface area contributed by atoms with Crippen molar-refractivity contribution in [3.63, 3.8) is 0 Å². The number of hydrogen-bond donors (Lipinski definition) is 1. The molecule has 0 spiro atoms. The van der Waals surface area contributed by atoms with Crippen LogP contribution in [0.3, 0.4) is 0 Å². The van der Waals surface area contributed by atoms with Crippen molar-refractivity contribution in [3.8, 4) is 11.3 Å². The fourth-order valence-corrected chi connectivity index (χ4v) is 2.86. The van der Waals surface area contributed by atoms with E-state index in [1.165, 1.54) is 11.3 Å². The first-order valence-corrected chi connectivity index (χ1v) is 7.36. The van der Waals surface area contributed by atoms with Crippen LogP contribution >= 0.6 is 11.3 Å². The number of aromatic nitrogens is 1. The Balaban J connectivity index is 1.83. The summed E-state index contributed by atoms with van der Waals surface area (Å²) in [6.45, 7) is 3.80. The van der Waals surface area contributed by atoms with Crippen LogP contribution in [0.2, 0.25) is 0 Å². The molecular weight excluding hydrogens is 284 g/mol. The standard InChI is InChI=1S/C16H14N2O2S/c1-10-8-9-13(20-10)15(19)18-16-17-14(11(2)21-16)12-6-4-3-5-7-12/h3-9H,1-2H3,(H,17,18,19). The number of furan rings is 1. The van der Waals surface area contributed by atoms with Gasteiger partial charge in [-0.3, -0.25) is 10.1 Å². The molecule has 1 N–H and O–H groups in total. The second kappa shape index (κ2) is 5.54. The van der Waals surface area contributed by atoms with Crippen LogP contribution in [-0.4, -0.2) is 10.9 Å². The van der Waals surface area contributed by atoms with Crippen LogP contribution in [0.1, 0.15) is 21.2 Å². The number of thiazole rings is 1. The number of amides is 1. The number of hydrogen-bond acceptors (Lipinski definition) is 4. The fourth-order valence-electron chi connectivity index (χ4n) is 2.03. The smallest absolute Gasteiger partial charge is 0.293 e. The summed E-state index contributed by atoms with van der Waals surface area (Å²) in [6.07, 6.45) is 0. The molecule has 0 fully saturated rings. The van der Waals surface area contributed by atoms with Crippen molar-refractivity contribution in [2.75, 3.05) is 5.32 Å². The third-order valence-corrected chi connectivity index (χ3v) is 3.91. The summed E-state index contributed by atoms with van der Waals surface area (Å²) in [7, 11) is 0. The SMILES string of the molecule is Cc1ccc(C(=O)Nc2nc(-c3ccccc3)c(C)s2)o1. The van der Waals surface area contributed by atoms with Gasteiger partial charge in [-0.25, -0.2) is 4.98 Å². The van der Waals surface area contributed by atoms with Gasteiger partial charge in [0.05, 0.1) is 5.69 Å². The second-order valence-corrected chi connectivity index (χ2v) is 5.86. The molecule has 1 amide bonds. The zero-order valence-corrected chi connectivity index (χ0v) is 12.5. The van der Waals surface area contributed by atoms with Crippen LogP contribution in [0.5, 0.6) is 0 Å². The summed E-state index contributed by atoms with van der Waals surface area (Å²) in [5.74, 6) is 0.721. The maximum absolute atomic E-state index is 12.0. The first-order chi connectivity index (χ1) is 10.1. The van der Waals surface area contributed by atoms with Gasteiger partial charge in [-0.2, -0.15) is 0 Å². The molecule has 1 aromatic carbocycles. The minimum absolute atomic E-state index is 0.281. The van der Waals surface area contributed by atoms with Crippen molar-refractivity contribution in [2.45, 2.75) is 13.8 Å². The van der Waals surface area contributed by atoms with Gasteiger partial charge in [-0.1, -0.05) is 30.3 Å². The van der Waals surface area contributed by atoms with E-state index < -0.39 is 0 Å². The van der Waals surface area contributed by atoms with E-state index in [1.807, 2.05) is 37.3 Å². The second-order valence-electron chi connectivity index (χ2n) is 4.65. The molecule has 0 unspecified atom stereocenters. The molecule has 0 bridgehead atoms. The number of rotatable bonds is 3. The average molecular weight is 298 g/mol. The van der Waals surface area contributed by atoms with Crippen molar-refractivity contribution in [3.05, 3.63) is 58.9 Å². The van der Waals surface area contributed by atoms with Gasteiger partial charge in [0, 0.05) is 10.4 Å². The maximum atomic E-state index is 12.0. The topological polar surface area (TPSA) is 55.1 Å². The van der Waals surface area contributed by atoms with Gasteiger partial charge >= 0.3 is 0 Å². The Hall–Kier alpha value is -2.40. The Bertz CT molecular complexity index is 775. The molecule has 2 heterocycles. The monoisotopic (exact) mass is 298 g/mol. The molecule has 0 saturated carbocycles. The van der Waals surface area contributed by atoms with Gasteiger partial charge in [-0.05, 0) is 26.0 Å². The summed E-state index contributed by atoms with van der Waals surface area (Å²) in [4.78, 5) is 17.6.